The molecule has 2 N–H and O–H groups in total. The molecule has 0 fully saturated rings. The number of nitrogens with two attached hydrogens (primary N) is 1. The summed E-state index contributed by atoms with van der Waals surface area (Å²) >= 11 is 3.49. The van der Waals surface area contributed by atoms with Gasteiger partial charge >= 0.3 is 0 Å². The van der Waals surface area contributed by atoms with Crippen molar-refractivity contribution in [3.63, 3.8) is 0 Å². The van der Waals surface area contributed by atoms with Crippen molar-refractivity contribution in [1.29, 1.82) is 0 Å². The lowest BCUT2D eigenvalue weighted by Gasteiger charge is -2.15. The summed E-state index contributed by atoms with van der Waals surface area (Å²) in [5, 5.41) is 0. The lowest BCUT2D eigenvalue weighted by atomic mass is 10.0. The van der Waals surface area contributed by atoms with Crippen LogP contribution in [-0.4, -0.2) is 9.97 Å². The first-order valence-corrected chi connectivity index (χ1v) is 7.78. The number of hydrogen-bond acceptors (Lipinski definition) is 4. The Morgan fingerprint density at radius 2 is 1.76 bits per heavy atom. The van der Waals surface area contributed by atoms with Gasteiger partial charge in [-0.05, 0) is 29.7 Å². The zero-order valence-corrected chi connectivity index (χ0v) is 14.3. The normalized spacial score (nSPS) is 11.2. The van der Waals surface area contributed by atoms with Gasteiger partial charge in [-0.3, -0.25) is 0 Å². The van der Waals surface area contributed by atoms with E-state index in [4.69, 9.17) is 10.5 Å². The maximum absolute atomic E-state index is 5.95. The topological polar surface area (TPSA) is 61.0 Å². The molecule has 2 rings (SSSR count). The summed E-state index contributed by atoms with van der Waals surface area (Å²) in [7, 11) is 0. The van der Waals surface area contributed by atoms with Crippen LogP contribution in [0.5, 0.6) is 11.6 Å². The number of rotatable bonds is 4. The quantitative estimate of drug-likeness (QED) is 0.855. The van der Waals surface area contributed by atoms with Gasteiger partial charge < -0.3 is 10.5 Å². The molecule has 0 aliphatic carbocycles. The van der Waals surface area contributed by atoms with E-state index in [2.05, 4.69) is 45.8 Å². The van der Waals surface area contributed by atoms with E-state index < -0.39 is 0 Å². The smallest absolute Gasteiger partial charge is 0.224 e. The van der Waals surface area contributed by atoms with Gasteiger partial charge in [-0.25, -0.2) is 4.98 Å². The number of nitrogen functional groups attached to an aromatic ring is 1. The predicted molar refractivity (Wildman–Crippen MR) is 88.8 cm³/mol. The van der Waals surface area contributed by atoms with Crippen LogP contribution < -0.4 is 10.5 Å². The van der Waals surface area contributed by atoms with E-state index in [1.807, 2.05) is 26.0 Å². The first-order chi connectivity index (χ1) is 9.86. The first-order valence-electron chi connectivity index (χ1n) is 6.98. The highest BCUT2D eigenvalue weighted by Gasteiger charge is 2.12. The number of anilines is 1. The van der Waals surface area contributed by atoms with Crippen LogP contribution in [0.25, 0.3) is 0 Å². The van der Waals surface area contributed by atoms with E-state index in [9.17, 15) is 0 Å². The molecule has 1 heterocycles. The minimum Gasteiger partial charge on any atom is -0.439 e. The van der Waals surface area contributed by atoms with Crippen molar-refractivity contribution in [1.82, 2.24) is 9.97 Å². The summed E-state index contributed by atoms with van der Waals surface area (Å²) in [6.07, 6.45) is 0. The van der Waals surface area contributed by atoms with Crippen molar-refractivity contribution in [3.8, 4) is 11.6 Å². The second kappa shape index (κ2) is 6.43. The number of halogens is 1. The average molecular weight is 350 g/mol. The van der Waals surface area contributed by atoms with Gasteiger partial charge in [0.05, 0.1) is 0 Å². The summed E-state index contributed by atoms with van der Waals surface area (Å²) in [6.45, 7) is 8.31. The Hall–Kier alpha value is -1.62. The van der Waals surface area contributed by atoms with Crippen LogP contribution >= 0.6 is 15.9 Å². The van der Waals surface area contributed by atoms with E-state index in [0.717, 1.165) is 15.8 Å². The second-order valence-corrected chi connectivity index (χ2v) is 6.50. The number of benzene rings is 1. The molecule has 0 spiro atoms. The molecule has 4 nitrogen and oxygen atoms in total. The number of nitrogens with zero attached hydrogens (tertiary/aromatic N) is 2. The summed E-state index contributed by atoms with van der Waals surface area (Å²) in [4.78, 5) is 8.65. The standard InChI is InChI=1S/C16H20BrN3O/c1-9(2)12-7-11(17)5-6-13(12)21-15-8-14(18)19-16(20-15)10(3)4/h5-10H,1-4H3,(H2,18,19,20). The lowest BCUT2D eigenvalue weighted by Crippen LogP contribution is -2.04. The maximum atomic E-state index is 5.95. The van der Waals surface area contributed by atoms with Gasteiger partial charge in [0, 0.05) is 16.5 Å². The Labute approximate surface area is 133 Å². The van der Waals surface area contributed by atoms with Crippen molar-refractivity contribution < 1.29 is 4.74 Å². The molecule has 0 aliphatic rings. The zero-order chi connectivity index (χ0) is 15.6. The summed E-state index contributed by atoms with van der Waals surface area (Å²) < 4.78 is 6.98. The van der Waals surface area contributed by atoms with Crippen LogP contribution in [0.15, 0.2) is 28.7 Å². The van der Waals surface area contributed by atoms with Crippen LogP contribution in [0.2, 0.25) is 0 Å². The molecule has 2 aromatic rings. The van der Waals surface area contributed by atoms with Crippen LogP contribution in [0, 0.1) is 0 Å². The number of ether oxygens (including phenoxy) is 1. The third-order valence-corrected chi connectivity index (χ3v) is 3.56. The molecular weight excluding hydrogens is 330 g/mol. The Morgan fingerprint density at radius 3 is 2.38 bits per heavy atom. The van der Waals surface area contributed by atoms with Crippen LogP contribution in [-0.2, 0) is 0 Å². The van der Waals surface area contributed by atoms with Gasteiger partial charge in [0.25, 0.3) is 0 Å². The van der Waals surface area contributed by atoms with Gasteiger partial charge in [0.2, 0.25) is 5.88 Å². The highest BCUT2D eigenvalue weighted by Crippen LogP contribution is 2.32. The summed E-state index contributed by atoms with van der Waals surface area (Å²) in [6, 6.07) is 7.60. The molecule has 0 saturated heterocycles. The molecule has 5 heteroatoms. The summed E-state index contributed by atoms with van der Waals surface area (Å²) in [5.74, 6) is 2.93. The third-order valence-electron chi connectivity index (χ3n) is 3.06. The highest BCUT2D eigenvalue weighted by atomic mass is 79.9. The van der Waals surface area contributed by atoms with Crippen molar-refractivity contribution in [2.45, 2.75) is 39.5 Å². The van der Waals surface area contributed by atoms with Gasteiger partial charge in [-0.2, -0.15) is 4.98 Å². The molecule has 0 atom stereocenters. The fraction of sp³-hybridized carbons (Fsp3) is 0.375. The van der Waals surface area contributed by atoms with E-state index in [0.29, 0.717) is 23.4 Å². The minimum absolute atomic E-state index is 0.199. The first kappa shape index (κ1) is 15.8. The van der Waals surface area contributed by atoms with Crippen LogP contribution in [0.1, 0.15) is 50.9 Å². The van der Waals surface area contributed by atoms with Crippen molar-refractivity contribution >= 4 is 21.7 Å². The molecule has 1 aromatic carbocycles. The Morgan fingerprint density at radius 1 is 1.05 bits per heavy atom. The molecule has 0 amide bonds. The van der Waals surface area contributed by atoms with Crippen LogP contribution in [0.3, 0.4) is 0 Å². The monoisotopic (exact) mass is 349 g/mol. The van der Waals surface area contributed by atoms with Crippen molar-refractivity contribution in [3.05, 3.63) is 40.1 Å². The Balaban J connectivity index is 2.38. The third kappa shape index (κ3) is 3.94. The SMILES string of the molecule is CC(C)c1nc(N)cc(Oc2ccc(Br)cc2C(C)C)n1. The second-order valence-electron chi connectivity index (χ2n) is 5.58. The molecule has 0 unspecified atom stereocenters. The fourth-order valence-electron chi connectivity index (χ4n) is 1.95. The zero-order valence-electron chi connectivity index (χ0n) is 12.7. The number of hydrogen-bond donors (Lipinski definition) is 1. The molecule has 0 saturated carbocycles. The predicted octanol–water partition coefficient (Wildman–Crippen LogP) is 4.86. The molecule has 0 bridgehead atoms. The lowest BCUT2D eigenvalue weighted by molar-refractivity contribution is 0.449. The summed E-state index contributed by atoms with van der Waals surface area (Å²) in [5.41, 5.74) is 6.95. The highest BCUT2D eigenvalue weighted by molar-refractivity contribution is 9.10. The molecule has 0 aliphatic heterocycles. The largest absolute Gasteiger partial charge is 0.439 e. The van der Waals surface area contributed by atoms with Gasteiger partial charge in [-0.15, -0.1) is 0 Å². The molecular formula is C16H20BrN3O. The van der Waals surface area contributed by atoms with E-state index in [1.165, 1.54) is 0 Å². The van der Waals surface area contributed by atoms with Gasteiger partial charge in [0.1, 0.15) is 17.4 Å². The molecule has 1 aromatic heterocycles. The van der Waals surface area contributed by atoms with Crippen molar-refractivity contribution in [2.24, 2.45) is 0 Å². The van der Waals surface area contributed by atoms with Gasteiger partial charge in [-0.1, -0.05) is 43.6 Å². The molecule has 21 heavy (non-hydrogen) atoms. The van der Waals surface area contributed by atoms with E-state index in [1.54, 1.807) is 6.07 Å². The van der Waals surface area contributed by atoms with E-state index >= 15 is 0 Å². The van der Waals surface area contributed by atoms with E-state index in [-0.39, 0.29) is 5.92 Å². The molecule has 112 valence electrons. The Bertz CT molecular complexity index is 641. The number of aromatic nitrogens is 2. The van der Waals surface area contributed by atoms with Crippen LogP contribution in [0.4, 0.5) is 5.82 Å². The minimum atomic E-state index is 0.199. The average Bonchev–Trinajstić information content (AvgIpc) is 2.40. The maximum Gasteiger partial charge on any atom is 0.224 e. The van der Waals surface area contributed by atoms with Crippen molar-refractivity contribution in [2.75, 3.05) is 5.73 Å². The fourth-order valence-corrected chi connectivity index (χ4v) is 2.33. The van der Waals surface area contributed by atoms with Gasteiger partial charge in [0.15, 0.2) is 0 Å². The Kier molecular flexibility index (Phi) is 4.83. The molecule has 0 radical (unpaired) electrons.